The standard InChI is InChI=1S/C17H23N5S/c1-6-14-18-16(13-7-8-23-17(13)19-14)21(4)9-12-10-22(5)20-15(12)11(2)3/h7-8,10-11H,6,9H2,1-5H3. The summed E-state index contributed by atoms with van der Waals surface area (Å²) >= 11 is 1.67. The maximum atomic E-state index is 4.76. The molecular weight excluding hydrogens is 306 g/mol. The van der Waals surface area contributed by atoms with E-state index in [1.165, 1.54) is 5.56 Å². The molecule has 0 N–H and O–H groups in total. The molecule has 0 amide bonds. The predicted molar refractivity (Wildman–Crippen MR) is 96.2 cm³/mol. The number of rotatable bonds is 5. The van der Waals surface area contributed by atoms with E-state index in [0.29, 0.717) is 5.92 Å². The van der Waals surface area contributed by atoms with Crippen molar-refractivity contribution in [3.8, 4) is 0 Å². The van der Waals surface area contributed by atoms with E-state index in [4.69, 9.17) is 4.98 Å². The van der Waals surface area contributed by atoms with Crippen LogP contribution >= 0.6 is 11.3 Å². The molecule has 3 aromatic heterocycles. The molecule has 0 bridgehead atoms. The van der Waals surface area contributed by atoms with Crippen molar-refractivity contribution in [3.63, 3.8) is 0 Å². The van der Waals surface area contributed by atoms with Crippen LogP contribution in [0.15, 0.2) is 17.6 Å². The van der Waals surface area contributed by atoms with Gasteiger partial charge in [0, 0.05) is 38.8 Å². The van der Waals surface area contributed by atoms with Crippen molar-refractivity contribution in [3.05, 3.63) is 34.7 Å². The lowest BCUT2D eigenvalue weighted by Crippen LogP contribution is -2.19. The van der Waals surface area contributed by atoms with Crippen molar-refractivity contribution in [2.45, 2.75) is 39.7 Å². The van der Waals surface area contributed by atoms with E-state index < -0.39 is 0 Å². The van der Waals surface area contributed by atoms with Gasteiger partial charge >= 0.3 is 0 Å². The number of nitrogens with zero attached hydrogens (tertiary/aromatic N) is 5. The summed E-state index contributed by atoms with van der Waals surface area (Å²) < 4.78 is 1.90. The van der Waals surface area contributed by atoms with E-state index in [9.17, 15) is 0 Å². The van der Waals surface area contributed by atoms with Gasteiger partial charge in [0.05, 0.1) is 11.1 Å². The second kappa shape index (κ2) is 6.28. The predicted octanol–water partition coefficient (Wildman–Crippen LogP) is 3.75. The fourth-order valence-electron chi connectivity index (χ4n) is 2.82. The Bertz CT molecular complexity index is 818. The van der Waals surface area contributed by atoms with Gasteiger partial charge in [-0.3, -0.25) is 4.68 Å². The maximum Gasteiger partial charge on any atom is 0.141 e. The molecule has 3 heterocycles. The molecule has 3 rings (SSSR count). The second-order valence-electron chi connectivity index (χ2n) is 6.18. The fraction of sp³-hybridized carbons (Fsp3) is 0.471. The van der Waals surface area contributed by atoms with Crippen molar-refractivity contribution >= 4 is 27.4 Å². The Morgan fingerprint density at radius 1 is 1.30 bits per heavy atom. The number of fused-ring (bicyclic) bond motifs is 1. The molecule has 6 heteroatoms. The zero-order valence-corrected chi connectivity index (χ0v) is 15.2. The first kappa shape index (κ1) is 15.9. The van der Waals surface area contributed by atoms with Crippen molar-refractivity contribution in [1.29, 1.82) is 0 Å². The molecule has 0 aliphatic heterocycles. The highest BCUT2D eigenvalue weighted by molar-refractivity contribution is 7.16. The van der Waals surface area contributed by atoms with Crippen molar-refractivity contribution < 1.29 is 0 Å². The topological polar surface area (TPSA) is 46.8 Å². The minimum atomic E-state index is 0.414. The van der Waals surface area contributed by atoms with Crippen LogP contribution < -0.4 is 4.90 Å². The first-order chi connectivity index (χ1) is 11.0. The molecule has 0 aliphatic rings. The van der Waals surface area contributed by atoms with Gasteiger partial charge in [0.25, 0.3) is 0 Å². The molecule has 0 atom stereocenters. The van der Waals surface area contributed by atoms with Gasteiger partial charge < -0.3 is 4.90 Å². The molecule has 5 nitrogen and oxygen atoms in total. The van der Waals surface area contributed by atoms with Crippen LogP contribution in [0.1, 0.15) is 43.8 Å². The number of aryl methyl sites for hydroxylation is 2. The summed E-state index contributed by atoms with van der Waals surface area (Å²) in [6.07, 6.45) is 2.96. The highest BCUT2D eigenvalue weighted by Crippen LogP contribution is 2.29. The fourth-order valence-corrected chi connectivity index (χ4v) is 3.60. The van der Waals surface area contributed by atoms with Crippen molar-refractivity contribution in [2.24, 2.45) is 7.05 Å². The van der Waals surface area contributed by atoms with Crippen LogP contribution in [0.4, 0.5) is 5.82 Å². The smallest absolute Gasteiger partial charge is 0.141 e. The Balaban J connectivity index is 1.98. The van der Waals surface area contributed by atoms with E-state index in [1.807, 2.05) is 11.7 Å². The quantitative estimate of drug-likeness (QED) is 0.715. The van der Waals surface area contributed by atoms with Crippen LogP contribution in [0.2, 0.25) is 0 Å². The molecule has 0 aliphatic carbocycles. The van der Waals surface area contributed by atoms with Crippen molar-refractivity contribution in [1.82, 2.24) is 19.7 Å². The zero-order valence-electron chi connectivity index (χ0n) is 14.4. The Morgan fingerprint density at radius 3 is 2.78 bits per heavy atom. The maximum absolute atomic E-state index is 4.76. The lowest BCUT2D eigenvalue weighted by Gasteiger charge is -2.20. The number of hydrogen-bond donors (Lipinski definition) is 0. The van der Waals surface area contributed by atoms with E-state index >= 15 is 0 Å². The number of hydrogen-bond acceptors (Lipinski definition) is 5. The highest BCUT2D eigenvalue weighted by Gasteiger charge is 2.17. The summed E-state index contributed by atoms with van der Waals surface area (Å²) in [7, 11) is 4.07. The SMILES string of the molecule is CCc1nc(N(C)Cc2cn(C)nc2C(C)C)c2ccsc2n1. The Kier molecular flexibility index (Phi) is 4.35. The van der Waals surface area contributed by atoms with Crippen molar-refractivity contribution in [2.75, 3.05) is 11.9 Å². The van der Waals surface area contributed by atoms with Crippen LogP contribution in [0.5, 0.6) is 0 Å². The summed E-state index contributed by atoms with van der Waals surface area (Å²) in [6, 6.07) is 2.11. The van der Waals surface area contributed by atoms with Gasteiger partial charge in [0.15, 0.2) is 0 Å². The third-order valence-corrected chi connectivity index (χ3v) is 4.73. The van der Waals surface area contributed by atoms with Gasteiger partial charge in [-0.05, 0) is 17.4 Å². The third kappa shape index (κ3) is 3.08. The molecule has 0 unspecified atom stereocenters. The Morgan fingerprint density at radius 2 is 2.09 bits per heavy atom. The van der Waals surface area contributed by atoms with Gasteiger partial charge in [0.2, 0.25) is 0 Å². The lowest BCUT2D eigenvalue weighted by molar-refractivity contribution is 0.711. The van der Waals surface area contributed by atoms with Gasteiger partial charge in [-0.2, -0.15) is 5.10 Å². The van der Waals surface area contributed by atoms with Crippen LogP contribution in [0.25, 0.3) is 10.2 Å². The van der Waals surface area contributed by atoms with E-state index in [-0.39, 0.29) is 0 Å². The molecule has 0 fully saturated rings. The molecule has 0 saturated carbocycles. The third-order valence-electron chi connectivity index (χ3n) is 3.92. The number of aromatic nitrogens is 4. The largest absolute Gasteiger partial charge is 0.355 e. The summed E-state index contributed by atoms with van der Waals surface area (Å²) in [6.45, 7) is 7.26. The van der Waals surface area contributed by atoms with E-state index in [0.717, 1.165) is 40.5 Å². The molecule has 0 aromatic carbocycles. The summed E-state index contributed by atoms with van der Waals surface area (Å²) in [5, 5.41) is 7.81. The summed E-state index contributed by atoms with van der Waals surface area (Å²) in [5.74, 6) is 2.32. The van der Waals surface area contributed by atoms with Crippen LogP contribution in [0.3, 0.4) is 0 Å². The minimum absolute atomic E-state index is 0.414. The van der Waals surface area contributed by atoms with Crippen LogP contribution in [-0.2, 0) is 20.0 Å². The monoisotopic (exact) mass is 329 g/mol. The molecule has 0 radical (unpaired) electrons. The van der Waals surface area contributed by atoms with Crippen LogP contribution in [0, 0.1) is 0 Å². The molecule has 0 spiro atoms. The minimum Gasteiger partial charge on any atom is -0.355 e. The Labute approximate surface area is 141 Å². The molecular formula is C17H23N5S. The number of anilines is 1. The second-order valence-corrected chi connectivity index (χ2v) is 7.07. The normalized spacial score (nSPS) is 11.6. The van der Waals surface area contributed by atoms with E-state index in [2.05, 4.69) is 60.4 Å². The van der Waals surface area contributed by atoms with Gasteiger partial charge in [-0.25, -0.2) is 9.97 Å². The summed E-state index contributed by atoms with van der Waals surface area (Å²) in [4.78, 5) is 12.7. The average molecular weight is 329 g/mol. The van der Waals surface area contributed by atoms with E-state index in [1.54, 1.807) is 11.3 Å². The molecule has 122 valence electrons. The molecule has 0 saturated heterocycles. The Hall–Kier alpha value is -1.95. The first-order valence-electron chi connectivity index (χ1n) is 7.97. The average Bonchev–Trinajstić information content (AvgIpc) is 3.12. The van der Waals surface area contributed by atoms with Crippen LogP contribution in [-0.4, -0.2) is 26.8 Å². The zero-order chi connectivity index (χ0) is 16.6. The highest BCUT2D eigenvalue weighted by atomic mass is 32.1. The first-order valence-corrected chi connectivity index (χ1v) is 8.85. The molecule has 3 aromatic rings. The van der Waals surface area contributed by atoms with Gasteiger partial charge in [-0.1, -0.05) is 20.8 Å². The van der Waals surface area contributed by atoms with Gasteiger partial charge in [0.1, 0.15) is 16.5 Å². The summed E-state index contributed by atoms with van der Waals surface area (Å²) in [5.41, 5.74) is 2.41. The number of thiophene rings is 1. The lowest BCUT2D eigenvalue weighted by atomic mass is 10.1. The molecule has 23 heavy (non-hydrogen) atoms. The van der Waals surface area contributed by atoms with Gasteiger partial charge in [-0.15, -0.1) is 11.3 Å².